The Morgan fingerprint density at radius 2 is 1.85 bits per heavy atom. The number of aromatic hydroxyl groups is 1. The fourth-order valence-electron chi connectivity index (χ4n) is 2.46. The molecule has 0 bridgehead atoms. The summed E-state index contributed by atoms with van der Waals surface area (Å²) in [5, 5.41) is 19.2. The van der Waals surface area contributed by atoms with Crippen molar-refractivity contribution >= 4 is 17.6 Å². The summed E-state index contributed by atoms with van der Waals surface area (Å²) in [6.45, 7) is 0. The summed E-state index contributed by atoms with van der Waals surface area (Å²) in [7, 11) is 2.91. The summed E-state index contributed by atoms with van der Waals surface area (Å²) < 4.78 is 10.1. The number of phenols is 1. The molecule has 0 saturated carbocycles. The third kappa shape index (κ3) is 5.97. The van der Waals surface area contributed by atoms with Gasteiger partial charge >= 0.3 is 0 Å². The number of allylic oxidation sites excluding steroid dienone is 5. The van der Waals surface area contributed by atoms with Crippen LogP contribution in [0.5, 0.6) is 11.5 Å². The number of hydrogen-bond donors (Lipinski definition) is 2. The van der Waals surface area contributed by atoms with Gasteiger partial charge in [0.05, 0.1) is 20.6 Å². The first-order chi connectivity index (χ1) is 12.9. The molecule has 0 aliphatic heterocycles. The fourth-order valence-corrected chi connectivity index (χ4v) is 2.46. The van der Waals surface area contributed by atoms with Crippen molar-refractivity contribution in [3.63, 3.8) is 0 Å². The maximum absolute atomic E-state index is 11.9. The molecule has 0 saturated heterocycles. The maximum Gasteiger partial charge on any atom is 0.163 e. The second-order valence-electron chi connectivity index (χ2n) is 5.91. The molecule has 6 heteroatoms. The van der Waals surface area contributed by atoms with Crippen LogP contribution in [0, 0.1) is 0 Å². The van der Waals surface area contributed by atoms with Crippen molar-refractivity contribution in [3.05, 3.63) is 65.5 Å². The number of carbonyl (C=O) groups is 2. The summed E-state index contributed by atoms with van der Waals surface area (Å²) in [4.78, 5) is 23.9. The van der Waals surface area contributed by atoms with Crippen LogP contribution in [0.1, 0.15) is 18.4 Å². The smallest absolute Gasteiger partial charge is 0.163 e. The van der Waals surface area contributed by atoms with E-state index in [1.807, 2.05) is 0 Å². The summed E-state index contributed by atoms with van der Waals surface area (Å²) in [5.41, 5.74) is 1.41. The van der Waals surface area contributed by atoms with Gasteiger partial charge in [-0.3, -0.25) is 9.59 Å². The van der Waals surface area contributed by atoms with E-state index >= 15 is 0 Å². The van der Waals surface area contributed by atoms with Crippen LogP contribution in [0.25, 0.3) is 6.08 Å². The van der Waals surface area contributed by atoms with Crippen molar-refractivity contribution in [2.24, 2.45) is 0 Å². The Labute approximate surface area is 157 Å². The molecule has 27 heavy (non-hydrogen) atoms. The number of aliphatic hydroxyl groups excluding tert-OH is 1. The van der Waals surface area contributed by atoms with Crippen molar-refractivity contribution in [2.45, 2.75) is 18.9 Å². The lowest BCUT2D eigenvalue weighted by Gasteiger charge is -2.16. The zero-order valence-electron chi connectivity index (χ0n) is 15.2. The largest absolute Gasteiger partial charge is 0.504 e. The van der Waals surface area contributed by atoms with E-state index in [0.717, 1.165) is 5.57 Å². The first-order valence-electron chi connectivity index (χ1n) is 8.35. The van der Waals surface area contributed by atoms with Gasteiger partial charge in [-0.05, 0) is 47.9 Å². The van der Waals surface area contributed by atoms with E-state index in [-0.39, 0.29) is 23.7 Å². The fraction of sp³-hybridized carbons (Fsp3) is 0.238. The molecule has 0 spiro atoms. The molecule has 0 radical (unpaired) electrons. The SMILES string of the molecule is COC1=CC(/C=C/C(=O)CC(=O)/C=C/c2ccc(O)c(OC)c2)=CCC1O. The molecular formula is C21H22O6. The zero-order chi connectivity index (χ0) is 19.8. The summed E-state index contributed by atoms with van der Waals surface area (Å²) in [5.74, 6) is 0.0904. The molecular weight excluding hydrogens is 348 g/mol. The van der Waals surface area contributed by atoms with Gasteiger partial charge in [0.1, 0.15) is 11.9 Å². The molecule has 0 fully saturated rings. The summed E-state index contributed by atoms with van der Waals surface area (Å²) >= 11 is 0. The number of benzene rings is 1. The van der Waals surface area contributed by atoms with Gasteiger partial charge in [-0.2, -0.15) is 0 Å². The first-order valence-corrected chi connectivity index (χ1v) is 8.35. The third-order valence-corrected chi connectivity index (χ3v) is 3.93. The third-order valence-electron chi connectivity index (χ3n) is 3.93. The van der Waals surface area contributed by atoms with Gasteiger partial charge < -0.3 is 19.7 Å². The molecule has 2 rings (SSSR count). The lowest BCUT2D eigenvalue weighted by molar-refractivity contribution is -0.121. The van der Waals surface area contributed by atoms with E-state index in [0.29, 0.717) is 23.5 Å². The van der Waals surface area contributed by atoms with E-state index in [2.05, 4.69) is 0 Å². The van der Waals surface area contributed by atoms with E-state index in [1.54, 1.807) is 36.4 Å². The van der Waals surface area contributed by atoms with Crippen LogP contribution < -0.4 is 4.74 Å². The van der Waals surface area contributed by atoms with Crippen LogP contribution in [0.15, 0.2) is 59.9 Å². The molecule has 0 heterocycles. The highest BCUT2D eigenvalue weighted by Gasteiger charge is 2.14. The molecule has 142 valence electrons. The highest BCUT2D eigenvalue weighted by Crippen LogP contribution is 2.26. The Hall–Kier alpha value is -3.12. The predicted molar refractivity (Wildman–Crippen MR) is 101 cm³/mol. The number of hydrogen-bond acceptors (Lipinski definition) is 6. The first kappa shape index (κ1) is 20.2. The van der Waals surface area contributed by atoms with E-state index in [4.69, 9.17) is 9.47 Å². The quantitative estimate of drug-likeness (QED) is 0.540. The Kier molecular flexibility index (Phi) is 7.14. The van der Waals surface area contributed by atoms with Crippen LogP contribution in [-0.2, 0) is 14.3 Å². The Morgan fingerprint density at radius 1 is 1.15 bits per heavy atom. The average Bonchev–Trinajstić information content (AvgIpc) is 2.66. The Morgan fingerprint density at radius 3 is 2.52 bits per heavy atom. The lowest BCUT2D eigenvalue weighted by Crippen LogP contribution is -2.14. The average molecular weight is 370 g/mol. The van der Waals surface area contributed by atoms with Crippen molar-refractivity contribution in [1.29, 1.82) is 0 Å². The number of ketones is 2. The van der Waals surface area contributed by atoms with E-state index < -0.39 is 6.10 Å². The minimum absolute atomic E-state index is 0.0107. The monoisotopic (exact) mass is 370 g/mol. The van der Waals surface area contributed by atoms with Crippen molar-refractivity contribution in [1.82, 2.24) is 0 Å². The number of phenolic OH excluding ortho intramolecular Hbond substituents is 1. The molecule has 1 aromatic carbocycles. The van der Waals surface area contributed by atoms with Gasteiger partial charge in [-0.25, -0.2) is 0 Å². The molecule has 1 aromatic rings. The molecule has 1 aliphatic carbocycles. The molecule has 2 N–H and O–H groups in total. The number of aliphatic hydroxyl groups is 1. The molecule has 6 nitrogen and oxygen atoms in total. The summed E-state index contributed by atoms with van der Waals surface area (Å²) in [6, 6.07) is 4.69. The second-order valence-corrected chi connectivity index (χ2v) is 5.91. The van der Waals surface area contributed by atoms with Gasteiger partial charge in [-0.15, -0.1) is 0 Å². The Balaban J connectivity index is 1.92. The topological polar surface area (TPSA) is 93.1 Å². The van der Waals surface area contributed by atoms with Gasteiger partial charge in [0.15, 0.2) is 23.1 Å². The minimum Gasteiger partial charge on any atom is -0.504 e. The number of ether oxygens (including phenoxy) is 2. The van der Waals surface area contributed by atoms with Crippen LogP contribution in [0.2, 0.25) is 0 Å². The van der Waals surface area contributed by atoms with Gasteiger partial charge in [0, 0.05) is 0 Å². The van der Waals surface area contributed by atoms with Crippen molar-refractivity contribution in [3.8, 4) is 11.5 Å². The number of methoxy groups -OCH3 is 2. The molecule has 1 aliphatic rings. The maximum atomic E-state index is 11.9. The van der Waals surface area contributed by atoms with E-state index in [1.165, 1.54) is 32.4 Å². The standard InChI is InChI=1S/C21H22O6/c1-26-20-11-14(5-9-18(20)24)3-7-16(22)13-17(23)8-4-15-6-10-19(25)21(12-15)27-2/h3-9,11-12,19,24-25H,10,13H2,1-2H3/b7-3+,8-4+. The zero-order valence-corrected chi connectivity index (χ0v) is 15.2. The highest BCUT2D eigenvalue weighted by atomic mass is 16.5. The molecule has 1 unspecified atom stereocenters. The van der Waals surface area contributed by atoms with Gasteiger partial charge in [0.25, 0.3) is 0 Å². The molecule has 0 aromatic heterocycles. The second kappa shape index (κ2) is 9.54. The minimum atomic E-state index is -0.673. The van der Waals surface area contributed by atoms with Crippen LogP contribution in [0.3, 0.4) is 0 Å². The summed E-state index contributed by atoms with van der Waals surface area (Å²) in [6.07, 6.45) is 8.72. The highest BCUT2D eigenvalue weighted by molar-refractivity contribution is 6.09. The predicted octanol–water partition coefficient (Wildman–Crippen LogP) is 2.72. The van der Waals surface area contributed by atoms with Crippen molar-refractivity contribution in [2.75, 3.05) is 14.2 Å². The molecule has 0 amide bonds. The van der Waals surface area contributed by atoms with Crippen molar-refractivity contribution < 1.29 is 29.3 Å². The normalized spacial score (nSPS) is 16.9. The van der Waals surface area contributed by atoms with Crippen LogP contribution >= 0.6 is 0 Å². The number of rotatable bonds is 8. The van der Waals surface area contributed by atoms with Gasteiger partial charge in [-0.1, -0.05) is 24.3 Å². The van der Waals surface area contributed by atoms with Crippen LogP contribution in [0.4, 0.5) is 0 Å². The Bertz CT molecular complexity index is 829. The number of carbonyl (C=O) groups excluding carboxylic acids is 2. The lowest BCUT2D eigenvalue weighted by atomic mass is 10.0. The van der Waals surface area contributed by atoms with Crippen LogP contribution in [-0.4, -0.2) is 42.1 Å². The molecule has 1 atom stereocenters. The van der Waals surface area contributed by atoms with Gasteiger partial charge in [0.2, 0.25) is 0 Å². The van der Waals surface area contributed by atoms with E-state index in [9.17, 15) is 19.8 Å².